The van der Waals surface area contributed by atoms with Crippen LogP contribution >= 0.6 is 0 Å². The van der Waals surface area contributed by atoms with Crippen LogP contribution in [0.4, 0.5) is 4.39 Å². The highest BCUT2D eigenvalue weighted by molar-refractivity contribution is 5.37. The Morgan fingerprint density at radius 3 is 2.71 bits per heavy atom. The van der Waals surface area contributed by atoms with Gasteiger partial charge in [-0.3, -0.25) is 0 Å². The average molecular weight is 233 g/mol. The van der Waals surface area contributed by atoms with Crippen LogP contribution in [-0.2, 0) is 0 Å². The monoisotopic (exact) mass is 233 g/mol. The lowest BCUT2D eigenvalue weighted by atomic mass is 9.90. The first kappa shape index (κ1) is 11.9. The van der Waals surface area contributed by atoms with Gasteiger partial charge >= 0.3 is 0 Å². The Morgan fingerprint density at radius 1 is 1.24 bits per heavy atom. The summed E-state index contributed by atoms with van der Waals surface area (Å²) in [5, 5.41) is 8.73. The van der Waals surface area contributed by atoms with E-state index in [0.29, 0.717) is 23.8 Å². The molecule has 17 heavy (non-hydrogen) atoms. The van der Waals surface area contributed by atoms with E-state index in [2.05, 4.69) is 0 Å². The van der Waals surface area contributed by atoms with E-state index in [0.717, 1.165) is 0 Å². The van der Waals surface area contributed by atoms with Crippen LogP contribution in [0.2, 0.25) is 0 Å². The van der Waals surface area contributed by atoms with Gasteiger partial charge in [0.1, 0.15) is 11.6 Å². The van der Waals surface area contributed by atoms with Crippen molar-refractivity contribution in [2.75, 3.05) is 6.61 Å². The molecule has 2 rings (SSSR count). The molecule has 2 nitrogen and oxygen atoms in total. The molecule has 1 aliphatic carbocycles. The lowest BCUT2D eigenvalue weighted by Gasteiger charge is -2.21. The molecule has 0 saturated heterocycles. The highest BCUT2D eigenvalue weighted by Crippen LogP contribution is 2.25. The molecule has 0 spiro atoms. The number of hydrogen-bond donors (Lipinski definition) is 0. The van der Waals surface area contributed by atoms with Crippen molar-refractivity contribution >= 4 is 0 Å². The van der Waals surface area contributed by atoms with Crippen molar-refractivity contribution in [3.63, 3.8) is 0 Å². The van der Waals surface area contributed by atoms with E-state index >= 15 is 0 Å². The minimum Gasteiger partial charge on any atom is -0.493 e. The lowest BCUT2D eigenvalue weighted by Crippen LogP contribution is -2.15. The van der Waals surface area contributed by atoms with Gasteiger partial charge in [0.15, 0.2) is 0 Å². The van der Waals surface area contributed by atoms with E-state index in [9.17, 15) is 4.39 Å². The lowest BCUT2D eigenvalue weighted by molar-refractivity contribution is 0.208. The summed E-state index contributed by atoms with van der Waals surface area (Å²) in [6.07, 6.45) is 6.23. The Labute approximate surface area is 101 Å². The standard InChI is InChI=1S/C14H16FNO/c15-13-6-12(9-16)7-14(8-13)17-10-11-4-2-1-3-5-11/h6-8,11H,1-5,10H2. The van der Waals surface area contributed by atoms with Gasteiger partial charge in [-0.25, -0.2) is 4.39 Å². The van der Waals surface area contributed by atoms with Crippen molar-refractivity contribution in [2.45, 2.75) is 32.1 Å². The van der Waals surface area contributed by atoms with E-state index in [1.54, 1.807) is 6.07 Å². The largest absolute Gasteiger partial charge is 0.493 e. The normalized spacial score (nSPS) is 16.5. The van der Waals surface area contributed by atoms with Crippen LogP contribution in [0.5, 0.6) is 5.75 Å². The predicted molar refractivity (Wildman–Crippen MR) is 63.2 cm³/mol. The van der Waals surface area contributed by atoms with Crippen molar-refractivity contribution in [2.24, 2.45) is 5.92 Å². The van der Waals surface area contributed by atoms with Crippen molar-refractivity contribution < 1.29 is 9.13 Å². The maximum atomic E-state index is 13.1. The molecule has 0 N–H and O–H groups in total. The molecule has 0 atom stereocenters. The van der Waals surface area contributed by atoms with Gasteiger partial charge in [0.2, 0.25) is 0 Å². The van der Waals surface area contributed by atoms with Gasteiger partial charge in [-0.05, 0) is 30.9 Å². The van der Waals surface area contributed by atoms with E-state index in [1.165, 1.54) is 44.2 Å². The van der Waals surface area contributed by atoms with E-state index < -0.39 is 5.82 Å². The summed E-state index contributed by atoms with van der Waals surface area (Å²) >= 11 is 0. The zero-order chi connectivity index (χ0) is 12.1. The Hall–Kier alpha value is -1.56. The molecular formula is C14H16FNO. The van der Waals surface area contributed by atoms with E-state index in [-0.39, 0.29) is 0 Å². The minimum absolute atomic E-state index is 0.309. The minimum atomic E-state index is -0.414. The smallest absolute Gasteiger partial charge is 0.128 e. The molecule has 0 radical (unpaired) electrons. The SMILES string of the molecule is N#Cc1cc(F)cc(OCC2CCCCC2)c1. The number of hydrogen-bond acceptors (Lipinski definition) is 2. The highest BCUT2D eigenvalue weighted by Gasteiger charge is 2.14. The van der Waals surface area contributed by atoms with Crippen molar-refractivity contribution in [3.8, 4) is 11.8 Å². The molecule has 0 aromatic heterocycles. The Kier molecular flexibility index (Phi) is 3.98. The maximum Gasteiger partial charge on any atom is 0.128 e. The van der Waals surface area contributed by atoms with E-state index in [4.69, 9.17) is 10.00 Å². The number of nitriles is 1. The van der Waals surface area contributed by atoms with Crippen molar-refractivity contribution in [1.82, 2.24) is 0 Å². The van der Waals surface area contributed by atoms with Gasteiger partial charge in [0.25, 0.3) is 0 Å². The molecule has 1 fully saturated rings. The van der Waals surface area contributed by atoms with Gasteiger partial charge in [-0.1, -0.05) is 19.3 Å². The van der Waals surface area contributed by atoms with Crippen LogP contribution in [0, 0.1) is 23.1 Å². The second-order valence-corrected chi connectivity index (χ2v) is 4.60. The molecular weight excluding hydrogens is 217 g/mol. The number of halogens is 1. The van der Waals surface area contributed by atoms with Crippen LogP contribution < -0.4 is 4.74 Å². The summed E-state index contributed by atoms with van der Waals surface area (Å²) in [6, 6.07) is 6.07. The highest BCUT2D eigenvalue weighted by atomic mass is 19.1. The van der Waals surface area contributed by atoms with Gasteiger partial charge in [0.05, 0.1) is 18.2 Å². The quantitative estimate of drug-likeness (QED) is 0.798. The number of rotatable bonds is 3. The van der Waals surface area contributed by atoms with Crippen molar-refractivity contribution in [1.29, 1.82) is 5.26 Å². The summed E-state index contributed by atoms with van der Waals surface area (Å²) in [5.41, 5.74) is 0.309. The number of ether oxygens (including phenoxy) is 1. The van der Waals surface area contributed by atoms with Gasteiger partial charge in [0, 0.05) is 6.07 Å². The summed E-state index contributed by atoms with van der Waals surface area (Å²) in [4.78, 5) is 0. The fourth-order valence-electron chi connectivity index (χ4n) is 2.28. The summed E-state index contributed by atoms with van der Waals surface area (Å²) in [6.45, 7) is 0.633. The average Bonchev–Trinajstić information content (AvgIpc) is 2.37. The first-order valence-electron chi connectivity index (χ1n) is 6.11. The molecule has 0 heterocycles. The summed E-state index contributed by atoms with van der Waals surface area (Å²) in [7, 11) is 0. The van der Waals surface area contributed by atoms with Crippen LogP contribution in [-0.4, -0.2) is 6.61 Å². The predicted octanol–water partition coefficient (Wildman–Crippen LogP) is 3.66. The third-order valence-corrected chi connectivity index (χ3v) is 3.21. The molecule has 0 aliphatic heterocycles. The Bertz CT molecular complexity index is 419. The molecule has 1 saturated carbocycles. The van der Waals surface area contributed by atoms with Crippen molar-refractivity contribution in [3.05, 3.63) is 29.6 Å². The first-order valence-corrected chi connectivity index (χ1v) is 6.11. The second-order valence-electron chi connectivity index (χ2n) is 4.60. The molecule has 1 aliphatic rings. The fourth-order valence-corrected chi connectivity index (χ4v) is 2.28. The number of nitrogens with zero attached hydrogens (tertiary/aromatic N) is 1. The Balaban J connectivity index is 1.94. The van der Waals surface area contributed by atoms with Gasteiger partial charge in [-0.2, -0.15) is 5.26 Å². The molecule has 90 valence electrons. The van der Waals surface area contributed by atoms with Crippen LogP contribution in [0.1, 0.15) is 37.7 Å². The molecule has 0 bridgehead atoms. The number of benzene rings is 1. The second kappa shape index (κ2) is 5.67. The Morgan fingerprint density at radius 2 is 2.00 bits per heavy atom. The third-order valence-electron chi connectivity index (χ3n) is 3.21. The topological polar surface area (TPSA) is 33.0 Å². The van der Waals surface area contributed by atoms with Crippen LogP contribution in [0.15, 0.2) is 18.2 Å². The summed E-state index contributed by atoms with van der Waals surface area (Å²) in [5.74, 6) is 0.632. The van der Waals surface area contributed by atoms with E-state index in [1.807, 2.05) is 6.07 Å². The zero-order valence-corrected chi connectivity index (χ0v) is 9.79. The molecule has 3 heteroatoms. The fraction of sp³-hybridized carbons (Fsp3) is 0.500. The molecule has 1 aromatic rings. The van der Waals surface area contributed by atoms with Crippen LogP contribution in [0.3, 0.4) is 0 Å². The van der Waals surface area contributed by atoms with Crippen LogP contribution in [0.25, 0.3) is 0 Å². The molecule has 1 aromatic carbocycles. The maximum absolute atomic E-state index is 13.1. The third kappa shape index (κ3) is 3.45. The zero-order valence-electron chi connectivity index (χ0n) is 9.79. The van der Waals surface area contributed by atoms with Gasteiger partial charge < -0.3 is 4.74 Å². The molecule has 0 unspecified atom stereocenters. The van der Waals surface area contributed by atoms with Gasteiger partial charge in [-0.15, -0.1) is 0 Å². The first-order chi connectivity index (χ1) is 8.28. The summed E-state index contributed by atoms with van der Waals surface area (Å²) < 4.78 is 18.7. The molecule has 0 amide bonds.